The quantitative estimate of drug-likeness (QED) is 0.719. The normalized spacial score (nSPS) is 16.5. The number of likely N-dealkylation sites (tertiary alicyclic amines) is 1. The monoisotopic (exact) mass is 284 g/mol. The molecule has 0 saturated carbocycles. The third-order valence-corrected chi connectivity index (χ3v) is 4.12. The van der Waals surface area contributed by atoms with Crippen molar-refractivity contribution in [1.29, 1.82) is 0 Å². The van der Waals surface area contributed by atoms with E-state index in [-0.39, 0.29) is 23.7 Å². The molecule has 0 unspecified atom stereocenters. The Kier molecular flexibility index (Phi) is 7.59. The molecule has 0 radical (unpaired) electrons. The third-order valence-electron chi connectivity index (χ3n) is 4.12. The zero-order chi connectivity index (χ0) is 15.0. The second kappa shape index (κ2) is 8.95. The Hall–Kier alpha value is -1.10. The molecule has 0 atom stereocenters. The van der Waals surface area contributed by atoms with Crippen molar-refractivity contribution < 1.29 is 14.3 Å². The second-order valence-electron chi connectivity index (χ2n) is 5.40. The lowest BCUT2D eigenvalue weighted by Crippen LogP contribution is -2.45. The molecule has 1 aliphatic rings. The molecular weight excluding hydrogens is 256 g/mol. The first-order chi connectivity index (χ1) is 9.63. The molecule has 1 heterocycles. The van der Waals surface area contributed by atoms with Crippen molar-refractivity contribution in [1.82, 2.24) is 10.2 Å². The molecule has 0 aromatic heterocycles. The molecule has 5 heteroatoms. The lowest BCUT2D eigenvalue weighted by molar-refractivity contribution is -0.139. The van der Waals surface area contributed by atoms with Crippen LogP contribution in [-0.4, -0.2) is 50.1 Å². The van der Waals surface area contributed by atoms with Gasteiger partial charge in [-0.15, -0.1) is 0 Å². The molecule has 1 N–H and O–H groups in total. The van der Waals surface area contributed by atoms with E-state index in [1.54, 1.807) is 7.11 Å². The Morgan fingerprint density at radius 3 is 2.35 bits per heavy atom. The minimum Gasteiger partial charge on any atom is -0.383 e. The number of hydrogen-bond donors (Lipinski definition) is 1. The molecule has 1 aliphatic heterocycles. The van der Waals surface area contributed by atoms with Crippen molar-refractivity contribution in [2.75, 3.05) is 33.4 Å². The minimum atomic E-state index is 0.0395. The summed E-state index contributed by atoms with van der Waals surface area (Å²) in [4.78, 5) is 26.1. The number of nitrogens with zero attached hydrogens (tertiary/aromatic N) is 1. The number of nitrogens with one attached hydrogen (secondary N) is 1. The molecule has 5 nitrogen and oxygen atoms in total. The van der Waals surface area contributed by atoms with Crippen LogP contribution in [0, 0.1) is 11.8 Å². The van der Waals surface area contributed by atoms with E-state index < -0.39 is 0 Å². The van der Waals surface area contributed by atoms with Crippen LogP contribution in [0.3, 0.4) is 0 Å². The number of rotatable bonds is 7. The zero-order valence-electron chi connectivity index (χ0n) is 13.0. The van der Waals surface area contributed by atoms with E-state index in [0.29, 0.717) is 26.2 Å². The molecule has 2 amide bonds. The van der Waals surface area contributed by atoms with Gasteiger partial charge in [-0.3, -0.25) is 9.59 Å². The Bertz CT molecular complexity index is 308. The molecular formula is C15H28N2O3. The number of carbonyl (C=O) groups is 2. The highest BCUT2D eigenvalue weighted by molar-refractivity contribution is 5.81. The molecule has 0 aromatic rings. The fraction of sp³-hybridized carbons (Fsp3) is 0.867. The predicted octanol–water partition coefficient (Wildman–Crippen LogP) is 1.42. The van der Waals surface area contributed by atoms with Gasteiger partial charge in [-0.1, -0.05) is 13.8 Å². The zero-order valence-corrected chi connectivity index (χ0v) is 13.0. The summed E-state index contributed by atoms with van der Waals surface area (Å²) in [5.74, 6) is 0.532. The topological polar surface area (TPSA) is 58.6 Å². The van der Waals surface area contributed by atoms with Gasteiger partial charge in [-0.25, -0.2) is 0 Å². The number of carbonyl (C=O) groups excluding carboxylic acids is 2. The molecule has 0 aromatic carbocycles. The van der Waals surface area contributed by atoms with E-state index in [2.05, 4.69) is 19.2 Å². The summed E-state index contributed by atoms with van der Waals surface area (Å²) >= 11 is 0. The minimum absolute atomic E-state index is 0.0395. The molecule has 0 aliphatic carbocycles. The summed E-state index contributed by atoms with van der Waals surface area (Å²) in [6.07, 6.45) is 3.33. The van der Waals surface area contributed by atoms with Gasteiger partial charge in [0.1, 0.15) is 0 Å². The van der Waals surface area contributed by atoms with Gasteiger partial charge in [0.05, 0.1) is 6.61 Å². The van der Waals surface area contributed by atoms with Crippen molar-refractivity contribution in [3.8, 4) is 0 Å². The van der Waals surface area contributed by atoms with Gasteiger partial charge >= 0.3 is 0 Å². The van der Waals surface area contributed by atoms with Crippen molar-refractivity contribution in [2.45, 2.75) is 39.5 Å². The predicted molar refractivity (Wildman–Crippen MR) is 78.3 cm³/mol. The highest BCUT2D eigenvalue weighted by Crippen LogP contribution is 2.21. The smallest absolute Gasteiger partial charge is 0.225 e. The van der Waals surface area contributed by atoms with Crippen LogP contribution < -0.4 is 5.32 Å². The Morgan fingerprint density at radius 2 is 1.85 bits per heavy atom. The van der Waals surface area contributed by atoms with E-state index in [4.69, 9.17) is 4.74 Å². The average Bonchev–Trinajstić information content (AvgIpc) is 2.48. The molecule has 0 bridgehead atoms. The van der Waals surface area contributed by atoms with Gasteiger partial charge < -0.3 is 15.0 Å². The van der Waals surface area contributed by atoms with Crippen molar-refractivity contribution in [3.63, 3.8) is 0 Å². The van der Waals surface area contributed by atoms with Gasteiger partial charge in [0.15, 0.2) is 0 Å². The fourth-order valence-electron chi connectivity index (χ4n) is 2.68. The molecule has 20 heavy (non-hydrogen) atoms. The summed E-state index contributed by atoms with van der Waals surface area (Å²) in [5, 5.41) is 2.88. The molecule has 1 rings (SSSR count). The van der Waals surface area contributed by atoms with Crippen LogP contribution in [0.1, 0.15) is 39.5 Å². The Morgan fingerprint density at radius 1 is 1.25 bits per heavy atom. The number of ether oxygens (including phenoxy) is 1. The summed E-state index contributed by atoms with van der Waals surface area (Å²) in [6.45, 7) is 6.62. The first-order valence-corrected chi connectivity index (χ1v) is 7.69. The SMILES string of the molecule is CCC(CC)C(=O)N1CCC(C(=O)NCCOC)CC1. The fourth-order valence-corrected chi connectivity index (χ4v) is 2.68. The molecule has 0 spiro atoms. The number of methoxy groups -OCH3 is 1. The molecule has 1 fully saturated rings. The van der Waals surface area contributed by atoms with Crippen LogP contribution in [0.25, 0.3) is 0 Å². The summed E-state index contributed by atoms with van der Waals surface area (Å²) in [6, 6.07) is 0. The number of amides is 2. The van der Waals surface area contributed by atoms with E-state index >= 15 is 0 Å². The standard InChI is InChI=1S/C15H28N2O3/c1-4-12(5-2)15(19)17-9-6-13(7-10-17)14(18)16-8-11-20-3/h12-13H,4-11H2,1-3H3,(H,16,18). The van der Waals surface area contributed by atoms with Crippen LogP contribution in [0.15, 0.2) is 0 Å². The van der Waals surface area contributed by atoms with Crippen LogP contribution in [0.4, 0.5) is 0 Å². The largest absolute Gasteiger partial charge is 0.383 e. The summed E-state index contributed by atoms with van der Waals surface area (Å²) < 4.78 is 4.91. The average molecular weight is 284 g/mol. The number of piperidine rings is 1. The van der Waals surface area contributed by atoms with Crippen LogP contribution >= 0.6 is 0 Å². The van der Waals surface area contributed by atoms with Gasteiger partial charge in [0, 0.05) is 38.6 Å². The third kappa shape index (κ3) is 4.78. The number of hydrogen-bond acceptors (Lipinski definition) is 3. The van der Waals surface area contributed by atoms with E-state index in [1.807, 2.05) is 4.90 Å². The van der Waals surface area contributed by atoms with Gasteiger partial charge in [-0.2, -0.15) is 0 Å². The first-order valence-electron chi connectivity index (χ1n) is 7.69. The second-order valence-corrected chi connectivity index (χ2v) is 5.40. The van der Waals surface area contributed by atoms with Gasteiger partial charge in [0.2, 0.25) is 11.8 Å². The van der Waals surface area contributed by atoms with Crippen LogP contribution in [-0.2, 0) is 14.3 Å². The van der Waals surface area contributed by atoms with E-state index in [1.165, 1.54) is 0 Å². The Balaban J connectivity index is 2.35. The molecule has 1 saturated heterocycles. The highest BCUT2D eigenvalue weighted by Gasteiger charge is 2.29. The lowest BCUT2D eigenvalue weighted by Gasteiger charge is -2.33. The van der Waals surface area contributed by atoms with Crippen LogP contribution in [0.5, 0.6) is 0 Å². The van der Waals surface area contributed by atoms with Crippen LogP contribution in [0.2, 0.25) is 0 Å². The maximum atomic E-state index is 12.3. The maximum absolute atomic E-state index is 12.3. The lowest BCUT2D eigenvalue weighted by atomic mass is 9.94. The molecule has 116 valence electrons. The van der Waals surface area contributed by atoms with Crippen molar-refractivity contribution >= 4 is 11.8 Å². The van der Waals surface area contributed by atoms with Gasteiger partial charge in [0.25, 0.3) is 0 Å². The van der Waals surface area contributed by atoms with Crippen molar-refractivity contribution in [2.24, 2.45) is 11.8 Å². The Labute approximate surface area is 122 Å². The highest BCUT2D eigenvalue weighted by atomic mass is 16.5. The summed E-state index contributed by atoms with van der Waals surface area (Å²) in [5.41, 5.74) is 0. The van der Waals surface area contributed by atoms with E-state index in [9.17, 15) is 9.59 Å². The maximum Gasteiger partial charge on any atom is 0.225 e. The van der Waals surface area contributed by atoms with Gasteiger partial charge in [-0.05, 0) is 25.7 Å². The first kappa shape index (κ1) is 17.0. The summed E-state index contributed by atoms with van der Waals surface area (Å²) in [7, 11) is 1.62. The van der Waals surface area contributed by atoms with Crippen molar-refractivity contribution in [3.05, 3.63) is 0 Å². The van der Waals surface area contributed by atoms with E-state index in [0.717, 1.165) is 25.7 Å².